The summed E-state index contributed by atoms with van der Waals surface area (Å²) in [6.07, 6.45) is 2.58. The van der Waals surface area contributed by atoms with E-state index >= 15 is 0 Å². The molecule has 1 N–H and O–H groups in total. The van der Waals surface area contributed by atoms with E-state index in [1.54, 1.807) is 30.5 Å². The highest BCUT2D eigenvalue weighted by Gasteiger charge is 2.21. The fourth-order valence-electron chi connectivity index (χ4n) is 2.82. The Labute approximate surface area is 161 Å². The summed E-state index contributed by atoms with van der Waals surface area (Å²) >= 11 is 0. The molecule has 146 valence electrons. The van der Waals surface area contributed by atoms with Crippen molar-refractivity contribution in [2.75, 3.05) is 13.1 Å². The Kier molecular flexibility index (Phi) is 7.50. The molecular weight excluding hydrogens is 362 g/mol. The van der Waals surface area contributed by atoms with E-state index in [-0.39, 0.29) is 16.8 Å². The number of aryl methyl sites for hydroxylation is 1. The highest BCUT2D eigenvalue weighted by atomic mass is 32.2. The lowest BCUT2D eigenvalue weighted by Crippen LogP contribution is -2.30. The summed E-state index contributed by atoms with van der Waals surface area (Å²) in [7, 11) is -3.45. The first-order valence-electron chi connectivity index (χ1n) is 9.17. The Balaban J connectivity index is 1.92. The molecule has 2 aromatic rings. The number of pyridine rings is 1. The fraction of sp³-hybridized carbons (Fsp3) is 0.400. The van der Waals surface area contributed by atoms with Crippen LogP contribution in [0.1, 0.15) is 44.5 Å². The number of hydrogen-bond donors (Lipinski definition) is 1. The largest absolute Gasteiger partial charge is 0.348 e. The van der Waals surface area contributed by atoms with Crippen LogP contribution in [0.3, 0.4) is 0 Å². The van der Waals surface area contributed by atoms with Gasteiger partial charge in [-0.05, 0) is 43.2 Å². The number of rotatable bonds is 9. The molecule has 0 radical (unpaired) electrons. The second-order valence-corrected chi connectivity index (χ2v) is 8.22. The summed E-state index contributed by atoms with van der Waals surface area (Å²) in [6.45, 7) is 6.41. The minimum atomic E-state index is -3.45. The van der Waals surface area contributed by atoms with E-state index in [4.69, 9.17) is 0 Å². The molecular formula is C20H27N3O3S. The van der Waals surface area contributed by atoms with Crippen molar-refractivity contribution in [2.45, 2.75) is 44.6 Å². The van der Waals surface area contributed by atoms with Crippen molar-refractivity contribution >= 4 is 15.9 Å². The van der Waals surface area contributed by atoms with Gasteiger partial charge in [0.2, 0.25) is 15.9 Å². The van der Waals surface area contributed by atoms with Crippen molar-refractivity contribution in [1.29, 1.82) is 0 Å². The zero-order valence-electron chi connectivity index (χ0n) is 16.1. The maximum Gasteiger partial charge on any atom is 0.243 e. The van der Waals surface area contributed by atoms with Gasteiger partial charge in [0.25, 0.3) is 0 Å². The third-order valence-corrected chi connectivity index (χ3v) is 6.48. The van der Waals surface area contributed by atoms with Gasteiger partial charge in [0, 0.05) is 25.7 Å². The van der Waals surface area contributed by atoms with Crippen LogP contribution in [0.25, 0.3) is 0 Å². The van der Waals surface area contributed by atoms with E-state index in [0.717, 1.165) is 11.3 Å². The molecule has 1 amide bonds. The standard InChI is InChI=1S/C20H27N3O3S/c1-4-23(5-2)27(25,26)18-12-9-17(10-13-18)11-14-20(24)22-16(3)19-8-6-7-15-21-19/h6-10,12-13,15-16H,4-5,11,14H2,1-3H3,(H,22,24). The van der Waals surface area contributed by atoms with Gasteiger partial charge < -0.3 is 5.32 Å². The molecule has 1 aromatic heterocycles. The van der Waals surface area contributed by atoms with Crippen molar-refractivity contribution < 1.29 is 13.2 Å². The molecule has 0 saturated carbocycles. The smallest absolute Gasteiger partial charge is 0.243 e. The quantitative estimate of drug-likeness (QED) is 0.715. The van der Waals surface area contributed by atoms with E-state index < -0.39 is 10.0 Å². The number of amides is 1. The van der Waals surface area contributed by atoms with E-state index in [0.29, 0.717) is 25.9 Å². The van der Waals surface area contributed by atoms with Crippen LogP contribution in [-0.4, -0.2) is 36.7 Å². The SMILES string of the molecule is CCN(CC)S(=O)(=O)c1ccc(CCC(=O)NC(C)c2ccccn2)cc1. The Morgan fingerprint density at radius 1 is 1.11 bits per heavy atom. The predicted molar refractivity (Wildman–Crippen MR) is 106 cm³/mol. The summed E-state index contributed by atoms with van der Waals surface area (Å²) in [5.74, 6) is -0.0620. The Bertz CT molecular complexity index is 833. The number of nitrogens with one attached hydrogen (secondary N) is 1. The van der Waals surface area contributed by atoms with E-state index in [2.05, 4.69) is 10.3 Å². The highest BCUT2D eigenvalue weighted by molar-refractivity contribution is 7.89. The van der Waals surface area contributed by atoms with Gasteiger partial charge in [-0.2, -0.15) is 4.31 Å². The molecule has 0 aliphatic heterocycles. The van der Waals surface area contributed by atoms with Gasteiger partial charge >= 0.3 is 0 Å². The predicted octanol–water partition coefficient (Wildman–Crippen LogP) is 2.92. The highest BCUT2D eigenvalue weighted by Crippen LogP contribution is 2.17. The van der Waals surface area contributed by atoms with Crippen LogP contribution in [0.4, 0.5) is 0 Å². The molecule has 6 nitrogen and oxygen atoms in total. The molecule has 0 saturated heterocycles. The molecule has 0 aliphatic carbocycles. The van der Waals surface area contributed by atoms with Crippen LogP contribution in [0.2, 0.25) is 0 Å². The van der Waals surface area contributed by atoms with Crippen molar-refractivity contribution in [3.63, 3.8) is 0 Å². The topological polar surface area (TPSA) is 79.4 Å². The zero-order chi connectivity index (χ0) is 19.9. The molecule has 0 aliphatic rings. The van der Waals surface area contributed by atoms with Gasteiger partial charge in [0.15, 0.2) is 0 Å². The van der Waals surface area contributed by atoms with Crippen molar-refractivity contribution in [1.82, 2.24) is 14.6 Å². The molecule has 1 atom stereocenters. The third kappa shape index (κ3) is 5.61. The first-order valence-corrected chi connectivity index (χ1v) is 10.6. The van der Waals surface area contributed by atoms with Crippen LogP contribution in [0.15, 0.2) is 53.6 Å². The Hall–Kier alpha value is -2.25. The monoisotopic (exact) mass is 389 g/mol. The number of carbonyl (C=O) groups excluding carboxylic acids is 1. The lowest BCUT2D eigenvalue weighted by atomic mass is 10.1. The van der Waals surface area contributed by atoms with Gasteiger partial charge in [-0.15, -0.1) is 0 Å². The molecule has 1 heterocycles. The maximum atomic E-state index is 12.5. The fourth-order valence-corrected chi connectivity index (χ4v) is 4.28. The number of aromatic nitrogens is 1. The maximum absolute atomic E-state index is 12.5. The van der Waals surface area contributed by atoms with Gasteiger partial charge in [-0.3, -0.25) is 9.78 Å². The van der Waals surface area contributed by atoms with Crippen molar-refractivity contribution in [3.05, 3.63) is 59.9 Å². The minimum absolute atomic E-state index is 0.0620. The summed E-state index contributed by atoms with van der Waals surface area (Å²) in [6, 6.07) is 12.2. The van der Waals surface area contributed by atoms with E-state index in [1.165, 1.54) is 4.31 Å². The summed E-state index contributed by atoms with van der Waals surface area (Å²) in [5, 5.41) is 2.93. The van der Waals surface area contributed by atoms with Crippen molar-refractivity contribution in [2.24, 2.45) is 0 Å². The molecule has 27 heavy (non-hydrogen) atoms. The molecule has 0 bridgehead atoms. The summed E-state index contributed by atoms with van der Waals surface area (Å²) in [4.78, 5) is 16.7. The lowest BCUT2D eigenvalue weighted by Gasteiger charge is -2.18. The minimum Gasteiger partial charge on any atom is -0.348 e. The van der Waals surface area contributed by atoms with Crippen LogP contribution < -0.4 is 5.32 Å². The number of carbonyl (C=O) groups is 1. The Morgan fingerprint density at radius 3 is 2.33 bits per heavy atom. The van der Waals surface area contributed by atoms with Crippen LogP contribution >= 0.6 is 0 Å². The number of benzene rings is 1. The van der Waals surface area contributed by atoms with Gasteiger partial charge in [0.1, 0.15) is 0 Å². The molecule has 2 rings (SSSR count). The average molecular weight is 390 g/mol. The molecule has 1 aromatic carbocycles. The summed E-state index contributed by atoms with van der Waals surface area (Å²) in [5.41, 5.74) is 1.74. The van der Waals surface area contributed by atoms with E-state index in [9.17, 15) is 13.2 Å². The van der Waals surface area contributed by atoms with Crippen molar-refractivity contribution in [3.8, 4) is 0 Å². The molecule has 0 spiro atoms. The Morgan fingerprint density at radius 2 is 1.78 bits per heavy atom. The second kappa shape index (κ2) is 9.62. The normalized spacial score (nSPS) is 12.7. The first-order chi connectivity index (χ1) is 12.9. The third-order valence-electron chi connectivity index (χ3n) is 4.42. The lowest BCUT2D eigenvalue weighted by molar-refractivity contribution is -0.121. The second-order valence-electron chi connectivity index (χ2n) is 6.28. The van der Waals surface area contributed by atoms with Gasteiger partial charge in [-0.25, -0.2) is 8.42 Å². The summed E-state index contributed by atoms with van der Waals surface area (Å²) < 4.78 is 26.4. The first kappa shape index (κ1) is 21.1. The van der Waals surface area contributed by atoms with Crippen LogP contribution in [-0.2, 0) is 21.2 Å². The molecule has 1 unspecified atom stereocenters. The van der Waals surface area contributed by atoms with Crippen LogP contribution in [0.5, 0.6) is 0 Å². The zero-order valence-corrected chi connectivity index (χ0v) is 16.9. The van der Waals surface area contributed by atoms with Gasteiger partial charge in [0.05, 0.1) is 16.6 Å². The molecule has 7 heteroatoms. The average Bonchev–Trinajstić information content (AvgIpc) is 2.68. The number of nitrogens with zero attached hydrogens (tertiary/aromatic N) is 2. The van der Waals surface area contributed by atoms with E-state index in [1.807, 2.05) is 39.0 Å². The van der Waals surface area contributed by atoms with Gasteiger partial charge in [-0.1, -0.05) is 32.0 Å². The number of hydrogen-bond acceptors (Lipinski definition) is 4. The van der Waals surface area contributed by atoms with Crippen LogP contribution in [0, 0.1) is 0 Å². The molecule has 0 fully saturated rings. The number of sulfonamides is 1.